The van der Waals surface area contributed by atoms with Gasteiger partial charge in [0.1, 0.15) is 5.60 Å². The lowest BCUT2D eigenvalue weighted by atomic mass is 9.80. The van der Waals surface area contributed by atoms with Crippen LogP contribution in [-0.2, 0) is 9.53 Å². The maximum Gasteiger partial charge on any atom is 0.410 e. The molecule has 28 heavy (non-hydrogen) atoms. The Labute approximate surface area is 165 Å². The summed E-state index contributed by atoms with van der Waals surface area (Å²) in [6.45, 7) is 6.07. The third kappa shape index (κ3) is 4.71. The number of ether oxygens (including phenoxy) is 1. The summed E-state index contributed by atoms with van der Waals surface area (Å²) in [5.41, 5.74) is 2.63. The quantitative estimate of drug-likeness (QED) is 0.831. The van der Waals surface area contributed by atoms with Crippen LogP contribution in [-0.4, -0.2) is 40.8 Å². The molecule has 5 nitrogen and oxygen atoms in total. The molecule has 3 rings (SSSR count). The molecule has 1 heterocycles. The predicted molar refractivity (Wildman–Crippen MR) is 108 cm³/mol. The summed E-state index contributed by atoms with van der Waals surface area (Å²) in [7, 11) is 0. The zero-order valence-electron chi connectivity index (χ0n) is 16.6. The third-order valence-corrected chi connectivity index (χ3v) is 5.03. The standard InChI is InChI=1S/C23H27NO4/c1-23(2,3)28-22(27)24-14-13-19(20(15-24)21(25)26)18-11-9-17(10-12-18)16-7-5-4-6-8-16/h4-12,19-20H,13-15H2,1-3H3,(H,25,26)/t19-,20+/m1/s1. The van der Waals surface area contributed by atoms with Crippen LogP contribution in [0.4, 0.5) is 4.79 Å². The number of benzene rings is 2. The highest BCUT2D eigenvalue weighted by molar-refractivity contribution is 5.75. The van der Waals surface area contributed by atoms with Crippen LogP contribution in [0.2, 0.25) is 0 Å². The molecular formula is C23H27NO4. The van der Waals surface area contributed by atoms with Crippen molar-refractivity contribution in [2.24, 2.45) is 5.92 Å². The SMILES string of the molecule is CC(C)(C)OC(=O)N1CC[C@H](c2ccc(-c3ccccc3)cc2)[C@@H](C(=O)O)C1. The average molecular weight is 381 g/mol. The van der Waals surface area contributed by atoms with Crippen molar-refractivity contribution in [1.29, 1.82) is 0 Å². The minimum absolute atomic E-state index is 0.124. The second-order valence-electron chi connectivity index (χ2n) is 8.25. The van der Waals surface area contributed by atoms with Crippen molar-refractivity contribution in [3.05, 3.63) is 60.2 Å². The fraction of sp³-hybridized carbons (Fsp3) is 0.391. The zero-order chi connectivity index (χ0) is 20.3. The first-order valence-corrected chi connectivity index (χ1v) is 9.61. The number of amides is 1. The van der Waals surface area contributed by atoms with Gasteiger partial charge in [-0.3, -0.25) is 4.79 Å². The second kappa shape index (κ2) is 8.05. The molecule has 1 N–H and O–H groups in total. The van der Waals surface area contributed by atoms with Crippen molar-refractivity contribution in [1.82, 2.24) is 4.90 Å². The number of aliphatic carboxylic acids is 1. The molecule has 2 aromatic carbocycles. The van der Waals surface area contributed by atoms with Crippen LogP contribution in [0, 0.1) is 5.92 Å². The number of rotatable bonds is 3. The van der Waals surface area contributed by atoms with Gasteiger partial charge in [0.15, 0.2) is 0 Å². The van der Waals surface area contributed by atoms with Gasteiger partial charge >= 0.3 is 12.1 Å². The Morgan fingerprint density at radius 1 is 1.00 bits per heavy atom. The van der Waals surface area contributed by atoms with Gasteiger partial charge in [-0.25, -0.2) is 4.79 Å². The first kappa shape index (κ1) is 19.9. The Balaban J connectivity index is 1.75. The van der Waals surface area contributed by atoms with E-state index in [2.05, 4.69) is 0 Å². The van der Waals surface area contributed by atoms with Gasteiger partial charge in [0, 0.05) is 19.0 Å². The summed E-state index contributed by atoms with van der Waals surface area (Å²) in [5.74, 6) is -1.66. The molecule has 0 aromatic heterocycles. The molecule has 148 valence electrons. The topological polar surface area (TPSA) is 66.8 Å². The van der Waals surface area contributed by atoms with Crippen LogP contribution in [0.15, 0.2) is 54.6 Å². The van der Waals surface area contributed by atoms with E-state index in [0.29, 0.717) is 13.0 Å². The first-order valence-electron chi connectivity index (χ1n) is 9.61. The van der Waals surface area contributed by atoms with Crippen LogP contribution in [0.5, 0.6) is 0 Å². The molecule has 0 unspecified atom stereocenters. The number of carbonyl (C=O) groups is 2. The molecule has 1 amide bonds. The smallest absolute Gasteiger partial charge is 0.410 e. The molecule has 0 aliphatic carbocycles. The van der Waals surface area contributed by atoms with Gasteiger partial charge in [0.25, 0.3) is 0 Å². The molecule has 1 aliphatic rings. The van der Waals surface area contributed by atoms with E-state index in [4.69, 9.17) is 4.74 Å². The van der Waals surface area contributed by atoms with Gasteiger partial charge in [-0.05, 0) is 43.9 Å². The summed E-state index contributed by atoms with van der Waals surface area (Å²) >= 11 is 0. The molecule has 1 fully saturated rings. The lowest BCUT2D eigenvalue weighted by Crippen LogP contribution is -2.47. The number of carboxylic acid groups (broad SMARTS) is 1. The van der Waals surface area contributed by atoms with Crippen molar-refractivity contribution < 1.29 is 19.4 Å². The highest BCUT2D eigenvalue weighted by Gasteiger charge is 2.38. The molecule has 0 bridgehead atoms. The highest BCUT2D eigenvalue weighted by Crippen LogP contribution is 2.35. The van der Waals surface area contributed by atoms with E-state index < -0.39 is 23.6 Å². The Kier molecular flexibility index (Phi) is 5.73. The van der Waals surface area contributed by atoms with Crippen LogP contribution >= 0.6 is 0 Å². The first-order chi connectivity index (χ1) is 13.2. The molecule has 2 aromatic rings. The van der Waals surface area contributed by atoms with Crippen molar-refractivity contribution in [3.8, 4) is 11.1 Å². The molecule has 5 heteroatoms. The van der Waals surface area contributed by atoms with Crippen molar-refractivity contribution in [2.75, 3.05) is 13.1 Å². The van der Waals surface area contributed by atoms with E-state index in [1.807, 2.05) is 54.6 Å². The van der Waals surface area contributed by atoms with Crippen molar-refractivity contribution >= 4 is 12.1 Å². The number of hydrogen-bond donors (Lipinski definition) is 1. The minimum Gasteiger partial charge on any atom is -0.481 e. The summed E-state index contributed by atoms with van der Waals surface area (Å²) in [4.78, 5) is 25.8. The largest absolute Gasteiger partial charge is 0.481 e. The highest BCUT2D eigenvalue weighted by atomic mass is 16.6. The van der Waals surface area contributed by atoms with Crippen LogP contribution < -0.4 is 0 Å². The molecule has 1 saturated heterocycles. The minimum atomic E-state index is -0.884. The summed E-state index contributed by atoms with van der Waals surface area (Å²) < 4.78 is 5.40. The maximum atomic E-state index is 12.3. The summed E-state index contributed by atoms with van der Waals surface area (Å²) in [6.07, 6.45) is 0.151. The zero-order valence-corrected chi connectivity index (χ0v) is 16.6. The maximum absolute atomic E-state index is 12.3. The number of carboxylic acids is 1. The Hall–Kier alpha value is -2.82. The Bertz CT molecular complexity index is 824. The van der Waals surface area contributed by atoms with E-state index in [1.165, 1.54) is 4.90 Å². The van der Waals surface area contributed by atoms with Gasteiger partial charge < -0.3 is 14.7 Å². The Morgan fingerprint density at radius 2 is 1.61 bits per heavy atom. The van der Waals surface area contributed by atoms with Crippen LogP contribution in [0.1, 0.15) is 38.7 Å². The lowest BCUT2D eigenvalue weighted by Gasteiger charge is -2.37. The van der Waals surface area contributed by atoms with E-state index in [9.17, 15) is 14.7 Å². The fourth-order valence-corrected chi connectivity index (χ4v) is 3.65. The van der Waals surface area contributed by atoms with E-state index in [1.54, 1.807) is 20.8 Å². The molecule has 0 radical (unpaired) electrons. The van der Waals surface area contributed by atoms with Gasteiger partial charge in [0.05, 0.1) is 5.92 Å². The Morgan fingerprint density at radius 3 is 2.18 bits per heavy atom. The van der Waals surface area contributed by atoms with Crippen molar-refractivity contribution in [3.63, 3.8) is 0 Å². The monoisotopic (exact) mass is 381 g/mol. The normalized spacial score (nSPS) is 19.9. The van der Waals surface area contributed by atoms with Gasteiger partial charge in [0.2, 0.25) is 0 Å². The molecule has 0 spiro atoms. The summed E-state index contributed by atoms with van der Waals surface area (Å²) in [6, 6.07) is 18.1. The second-order valence-corrected chi connectivity index (χ2v) is 8.25. The number of likely N-dealkylation sites (tertiary alicyclic amines) is 1. The predicted octanol–water partition coefficient (Wildman–Crippen LogP) is 4.78. The number of nitrogens with zero attached hydrogens (tertiary/aromatic N) is 1. The number of hydrogen-bond acceptors (Lipinski definition) is 3. The van der Waals surface area contributed by atoms with E-state index in [0.717, 1.165) is 16.7 Å². The van der Waals surface area contributed by atoms with Gasteiger partial charge in [-0.2, -0.15) is 0 Å². The molecule has 0 saturated carbocycles. The number of carbonyl (C=O) groups excluding carboxylic acids is 1. The van der Waals surface area contributed by atoms with E-state index in [-0.39, 0.29) is 12.5 Å². The third-order valence-electron chi connectivity index (χ3n) is 5.03. The molecular weight excluding hydrogens is 354 g/mol. The molecule has 2 atom stereocenters. The van der Waals surface area contributed by atoms with Gasteiger partial charge in [-0.15, -0.1) is 0 Å². The lowest BCUT2D eigenvalue weighted by molar-refractivity contribution is -0.144. The fourth-order valence-electron chi connectivity index (χ4n) is 3.65. The van der Waals surface area contributed by atoms with Crippen molar-refractivity contribution in [2.45, 2.75) is 38.7 Å². The van der Waals surface area contributed by atoms with E-state index >= 15 is 0 Å². The summed E-state index contributed by atoms with van der Waals surface area (Å²) in [5, 5.41) is 9.76. The molecule has 1 aliphatic heterocycles. The average Bonchev–Trinajstić information content (AvgIpc) is 2.67. The van der Waals surface area contributed by atoms with Crippen LogP contribution in [0.25, 0.3) is 11.1 Å². The van der Waals surface area contributed by atoms with Gasteiger partial charge in [-0.1, -0.05) is 54.6 Å². The van der Waals surface area contributed by atoms with Crippen LogP contribution in [0.3, 0.4) is 0 Å². The number of piperidine rings is 1.